The minimum absolute atomic E-state index is 0.0435. The molecule has 0 unspecified atom stereocenters. The summed E-state index contributed by atoms with van der Waals surface area (Å²) in [4.78, 5) is 26.7. The Morgan fingerprint density at radius 2 is 1.96 bits per heavy atom. The lowest BCUT2D eigenvalue weighted by Crippen LogP contribution is -2.49. The second kappa shape index (κ2) is 10.9. The largest absolute Gasteiger partial charge is 0.354 e. The number of amides is 2. The van der Waals surface area contributed by atoms with Gasteiger partial charge in [-0.3, -0.25) is 9.59 Å². The standard InChI is InChI=1S/C20H30N2O4/c1-25-19(26-2)15-22-14-7-6-12-17(20(22)24)21-18(23)13-8-11-16-9-4-3-5-10-16/h3-5,9-10,17,19H,6-8,11-15H2,1-2H3,(H,21,23)/t17-/m0/s1. The normalized spacial score (nSPS) is 18.0. The van der Waals surface area contributed by atoms with Gasteiger partial charge in [0, 0.05) is 27.2 Å². The fourth-order valence-corrected chi connectivity index (χ4v) is 3.21. The molecule has 1 N–H and O–H groups in total. The van der Waals surface area contributed by atoms with Crippen LogP contribution in [0.3, 0.4) is 0 Å². The van der Waals surface area contributed by atoms with E-state index in [1.54, 1.807) is 19.1 Å². The lowest BCUT2D eigenvalue weighted by Gasteiger charge is -2.27. The van der Waals surface area contributed by atoms with Crippen molar-refractivity contribution in [2.45, 2.75) is 50.9 Å². The third-order valence-corrected chi connectivity index (χ3v) is 4.72. The smallest absolute Gasteiger partial charge is 0.245 e. The molecule has 1 aliphatic heterocycles. The van der Waals surface area contributed by atoms with Gasteiger partial charge in [-0.15, -0.1) is 0 Å². The van der Waals surface area contributed by atoms with Crippen LogP contribution < -0.4 is 5.32 Å². The van der Waals surface area contributed by atoms with Gasteiger partial charge < -0.3 is 19.7 Å². The number of hydrogen-bond donors (Lipinski definition) is 1. The first-order valence-corrected chi connectivity index (χ1v) is 9.31. The van der Waals surface area contributed by atoms with Crippen LogP contribution in [-0.4, -0.2) is 56.4 Å². The van der Waals surface area contributed by atoms with Crippen LogP contribution in [-0.2, 0) is 25.5 Å². The van der Waals surface area contributed by atoms with Gasteiger partial charge in [-0.05, 0) is 37.7 Å². The molecule has 26 heavy (non-hydrogen) atoms. The highest BCUT2D eigenvalue weighted by Gasteiger charge is 2.29. The van der Waals surface area contributed by atoms with Gasteiger partial charge in [0.2, 0.25) is 11.8 Å². The quantitative estimate of drug-likeness (QED) is 0.684. The molecule has 0 bridgehead atoms. The van der Waals surface area contributed by atoms with Gasteiger partial charge in [0.25, 0.3) is 0 Å². The van der Waals surface area contributed by atoms with Crippen molar-refractivity contribution >= 4 is 11.8 Å². The fraction of sp³-hybridized carbons (Fsp3) is 0.600. The van der Waals surface area contributed by atoms with E-state index in [2.05, 4.69) is 17.4 Å². The van der Waals surface area contributed by atoms with E-state index in [4.69, 9.17) is 9.47 Å². The number of carbonyl (C=O) groups is 2. The Kier molecular flexibility index (Phi) is 8.58. The van der Waals surface area contributed by atoms with E-state index >= 15 is 0 Å². The topological polar surface area (TPSA) is 67.9 Å². The monoisotopic (exact) mass is 362 g/mol. The number of rotatable bonds is 9. The number of benzene rings is 1. The van der Waals surface area contributed by atoms with E-state index in [9.17, 15) is 9.59 Å². The van der Waals surface area contributed by atoms with Gasteiger partial charge >= 0.3 is 0 Å². The molecule has 6 nitrogen and oxygen atoms in total. The summed E-state index contributed by atoms with van der Waals surface area (Å²) in [6.45, 7) is 1.05. The maximum atomic E-state index is 12.7. The molecule has 1 aromatic carbocycles. The number of likely N-dealkylation sites (tertiary alicyclic amines) is 1. The van der Waals surface area contributed by atoms with E-state index < -0.39 is 12.3 Å². The first kappa shape index (κ1) is 20.4. The average molecular weight is 362 g/mol. The van der Waals surface area contributed by atoms with Gasteiger partial charge in [-0.2, -0.15) is 0 Å². The van der Waals surface area contributed by atoms with Crippen LogP contribution in [0.1, 0.15) is 37.7 Å². The van der Waals surface area contributed by atoms with Gasteiger partial charge in [-0.1, -0.05) is 30.3 Å². The van der Waals surface area contributed by atoms with Gasteiger partial charge in [0.1, 0.15) is 6.04 Å². The number of nitrogens with one attached hydrogen (secondary N) is 1. The van der Waals surface area contributed by atoms with E-state index in [1.165, 1.54) is 5.56 Å². The number of nitrogens with zero attached hydrogens (tertiary/aromatic N) is 1. The van der Waals surface area contributed by atoms with Crippen LogP contribution in [0.15, 0.2) is 30.3 Å². The molecule has 0 aromatic heterocycles. The summed E-state index contributed by atoms with van der Waals surface area (Å²) < 4.78 is 10.4. The summed E-state index contributed by atoms with van der Waals surface area (Å²) in [5, 5.41) is 2.92. The molecule has 0 aliphatic carbocycles. The molecule has 0 spiro atoms. The van der Waals surface area contributed by atoms with E-state index in [1.807, 2.05) is 18.2 Å². The van der Waals surface area contributed by atoms with Crippen LogP contribution in [0, 0.1) is 0 Å². The molecule has 1 fully saturated rings. The molecule has 2 rings (SSSR count). The highest BCUT2D eigenvalue weighted by Crippen LogP contribution is 2.14. The fourth-order valence-electron chi connectivity index (χ4n) is 3.21. The molecular formula is C20H30N2O4. The molecule has 0 saturated carbocycles. The number of hydrogen-bond acceptors (Lipinski definition) is 4. The zero-order valence-corrected chi connectivity index (χ0v) is 15.8. The second-order valence-corrected chi connectivity index (χ2v) is 6.64. The molecule has 1 atom stereocenters. The summed E-state index contributed by atoms with van der Waals surface area (Å²) in [5.41, 5.74) is 1.22. The first-order valence-electron chi connectivity index (χ1n) is 9.31. The predicted octanol–water partition coefficient (Wildman–Crippen LogP) is 2.13. The Balaban J connectivity index is 1.81. The van der Waals surface area contributed by atoms with Crippen molar-refractivity contribution in [2.75, 3.05) is 27.3 Å². The van der Waals surface area contributed by atoms with Crippen molar-refractivity contribution in [1.82, 2.24) is 10.2 Å². The van der Waals surface area contributed by atoms with Crippen LogP contribution in [0.5, 0.6) is 0 Å². The summed E-state index contributed by atoms with van der Waals surface area (Å²) in [6, 6.07) is 9.66. The number of carbonyl (C=O) groups excluding carboxylic acids is 2. The minimum Gasteiger partial charge on any atom is -0.354 e. The summed E-state index contributed by atoms with van der Waals surface area (Å²) in [7, 11) is 3.12. The zero-order valence-electron chi connectivity index (χ0n) is 15.8. The van der Waals surface area contributed by atoms with Crippen molar-refractivity contribution in [2.24, 2.45) is 0 Å². The lowest BCUT2D eigenvalue weighted by atomic mass is 10.1. The van der Waals surface area contributed by atoms with Crippen LogP contribution in [0.25, 0.3) is 0 Å². The SMILES string of the molecule is COC(CN1CCCC[C@H](NC(=O)CCCc2ccccc2)C1=O)OC. The molecule has 1 heterocycles. The van der Waals surface area contributed by atoms with Crippen LogP contribution in [0.2, 0.25) is 0 Å². The number of ether oxygens (including phenoxy) is 2. The highest BCUT2D eigenvalue weighted by atomic mass is 16.7. The van der Waals surface area contributed by atoms with E-state index in [0.717, 1.165) is 25.7 Å². The first-order chi connectivity index (χ1) is 12.6. The third-order valence-electron chi connectivity index (χ3n) is 4.72. The Hall–Kier alpha value is -1.92. The van der Waals surface area contributed by atoms with Gasteiger partial charge in [0.15, 0.2) is 6.29 Å². The zero-order chi connectivity index (χ0) is 18.8. The minimum atomic E-state index is -0.448. The Labute approximate surface area is 155 Å². The summed E-state index contributed by atoms with van der Waals surface area (Å²) in [5.74, 6) is -0.103. The summed E-state index contributed by atoms with van der Waals surface area (Å²) >= 11 is 0. The molecule has 1 aromatic rings. The van der Waals surface area contributed by atoms with E-state index in [0.29, 0.717) is 25.9 Å². The lowest BCUT2D eigenvalue weighted by molar-refractivity contribution is -0.147. The van der Waals surface area contributed by atoms with Crippen LogP contribution >= 0.6 is 0 Å². The molecular weight excluding hydrogens is 332 g/mol. The Morgan fingerprint density at radius 3 is 2.65 bits per heavy atom. The molecule has 0 radical (unpaired) electrons. The van der Waals surface area contributed by atoms with Crippen molar-refractivity contribution in [3.63, 3.8) is 0 Å². The molecule has 2 amide bonds. The average Bonchev–Trinajstić information content (AvgIpc) is 2.82. The summed E-state index contributed by atoms with van der Waals surface area (Å²) in [6.07, 6.45) is 4.15. The van der Waals surface area contributed by atoms with Crippen molar-refractivity contribution in [3.05, 3.63) is 35.9 Å². The molecule has 1 aliphatic rings. The van der Waals surface area contributed by atoms with Crippen molar-refractivity contribution < 1.29 is 19.1 Å². The maximum Gasteiger partial charge on any atom is 0.245 e. The number of aryl methyl sites for hydroxylation is 1. The maximum absolute atomic E-state index is 12.7. The highest BCUT2D eigenvalue weighted by molar-refractivity contribution is 5.87. The van der Waals surface area contributed by atoms with Crippen molar-refractivity contribution in [1.29, 1.82) is 0 Å². The van der Waals surface area contributed by atoms with Crippen LogP contribution in [0.4, 0.5) is 0 Å². The van der Waals surface area contributed by atoms with Gasteiger partial charge in [-0.25, -0.2) is 0 Å². The van der Waals surface area contributed by atoms with E-state index in [-0.39, 0.29) is 11.8 Å². The van der Waals surface area contributed by atoms with Crippen molar-refractivity contribution in [3.8, 4) is 0 Å². The van der Waals surface area contributed by atoms with Gasteiger partial charge in [0.05, 0.1) is 6.54 Å². The Morgan fingerprint density at radius 1 is 1.23 bits per heavy atom. The molecule has 6 heteroatoms. The third kappa shape index (κ3) is 6.42. The Bertz CT molecular complexity index is 560. The number of methoxy groups -OCH3 is 2. The molecule has 144 valence electrons. The predicted molar refractivity (Wildman–Crippen MR) is 99.5 cm³/mol. The second-order valence-electron chi connectivity index (χ2n) is 6.64. The molecule has 1 saturated heterocycles.